The van der Waals surface area contributed by atoms with Crippen molar-refractivity contribution in [2.45, 2.75) is 65.8 Å². The Morgan fingerprint density at radius 1 is 1.11 bits per heavy atom. The van der Waals surface area contributed by atoms with Crippen molar-refractivity contribution in [1.29, 1.82) is 0 Å². The fraction of sp³-hybridized carbons (Fsp3) is 0.818. The van der Waals surface area contributed by atoms with Crippen LogP contribution in [0.15, 0.2) is 5.38 Å². The molecule has 1 aliphatic heterocycles. The summed E-state index contributed by atoms with van der Waals surface area (Å²) in [7, 11) is 0. The van der Waals surface area contributed by atoms with Gasteiger partial charge < -0.3 is 4.90 Å². The van der Waals surface area contributed by atoms with E-state index in [-0.39, 0.29) is 5.41 Å². The molecule has 0 N–H and O–H groups in total. The van der Waals surface area contributed by atoms with Crippen LogP contribution in [-0.4, -0.2) is 46.9 Å². The van der Waals surface area contributed by atoms with E-state index in [0.29, 0.717) is 16.7 Å². The smallest absolute Gasteiger partial charge is 0.228 e. The Labute approximate surface area is 167 Å². The lowest BCUT2D eigenvalue weighted by Crippen LogP contribution is -2.62. The average molecular weight is 388 g/mol. The van der Waals surface area contributed by atoms with Crippen molar-refractivity contribution in [3.8, 4) is 0 Å². The zero-order chi connectivity index (χ0) is 18.9. The fourth-order valence-electron chi connectivity index (χ4n) is 7.84. The number of aryl methyl sites for hydroxylation is 1. The van der Waals surface area contributed by atoms with Crippen LogP contribution in [0.2, 0.25) is 0 Å². The van der Waals surface area contributed by atoms with E-state index in [1.54, 1.807) is 11.3 Å². The third-order valence-corrected chi connectivity index (χ3v) is 8.61. The highest BCUT2D eigenvalue weighted by Gasteiger charge is 2.63. The molecule has 4 aliphatic carbocycles. The van der Waals surface area contributed by atoms with Gasteiger partial charge in [-0.1, -0.05) is 13.8 Å². The summed E-state index contributed by atoms with van der Waals surface area (Å²) in [5.41, 5.74) is 1.96. The molecule has 148 valence electrons. The molecule has 27 heavy (non-hydrogen) atoms. The Balaban J connectivity index is 1.26. The van der Waals surface area contributed by atoms with Gasteiger partial charge in [0, 0.05) is 38.1 Å². The van der Waals surface area contributed by atoms with Gasteiger partial charge in [-0.3, -0.25) is 9.69 Å². The molecule has 2 atom stereocenters. The highest BCUT2D eigenvalue weighted by Crippen LogP contribution is 2.69. The highest BCUT2D eigenvalue weighted by atomic mass is 32.1. The second-order valence-corrected chi connectivity index (χ2v) is 11.9. The van der Waals surface area contributed by atoms with Gasteiger partial charge in [0.2, 0.25) is 5.91 Å². The Morgan fingerprint density at radius 3 is 2.33 bits per heavy atom. The number of hydrogen-bond donors (Lipinski definition) is 0. The first-order chi connectivity index (χ1) is 12.8. The predicted octanol–water partition coefficient (Wildman–Crippen LogP) is 4.09. The van der Waals surface area contributed by atoms with E-state index in [2.05, 4.69) is 40.9 Å². The third kappa shape index (κ3) is 3.15. The predicted molar refractivity (Wildman–Crippen MR) is 109 cm³/mol. The topological polar surface area (TPSA) is 36.4 Å². The molecule has 2 heterocycles. The number of thiazole rings is 1. The maximum atomic E-state index is 13.7. The SMILES string of the molecule is Cc1nc(CN2CCN(C(=O)C34CC5CC(C)(CC(C)(C5)C3)C4)CC2)cs1. The van der Waals surface area contributed by atoms with Gasteiger partial charge in [0.25, 0.3) is 0 Å². The van der Waals surface area contributed by atoms with Crippen LogP contribution < -0.4 is 0 Å². The lowest BCUT2D eigenvalue weighted by molar-refractivity contribution is -0.180. The normalized spacial score (nSPS) is 41.3. The Kier molecular flexibility index (Phi) is 4.04. The monoisotopic (exact) mass is 387 g/mol. The molecule has 1 aromatic rings. The molecule has 4 saturated carbocycles. The van der Waals surface area contributed by atoms with Crippen molar-refractivity contribution in [3.63, 3.8) is 0 Å². The lowest BCUT2D eigenvalue weighted by atomic mass is 9.40. The molecule has 0 aromatic carbocycles. The van der Waals surface area contributed by atoms with Crippen LogP contribution in [0.25, 0.3) is 0 Å². The number of rotatable bonds is 3. The van der Waals surface area contributed by atoms with Gasteiger partial charge in [0.15, 0.2) is 0 Å². The molecule has 5 aliphatic rings. The second kappa shape index (κ2) is 6.03. The van der Waals surface area contributed by atoms with Crippen molar-refractivity contribution in [2.75, 3.05) is 26.2 Å². The minimum atomic E-state index is -0.0445. The second-order valence-electron chi connectivity index (χ2n) is 10.8. The highest BCUT2D eigenvalue weighted by molar-refractivity contribution is 7.09. The number of piperazine rings is 1. The van der Waals surface area contributed by atoms with Crippen molar-refractivity contribution in [3.05, 3.63) is 16.1 Å². The van der Waals surface area contributed by atoms with E-state index < -0.39 is 0 Å². The summed E-state index contributed by atoms with van der Waals surface area (Å²) in [6.45, 7) is 11.7. The number of carbonyl (C=O) groups excluding carboxylic acids is 1. The maximum Gasteiger partial charge on any atom is 0.228 e. The zero-order valence-corrected chi connectivity index (χ0v) is 17.9. The Bertz CT molecular complexity index is 732. The van der Waals surface area contributed by atoms with Crippen LogP contribution in [0, 0.1) is 29.1 Å². The van der Waals surface area contributed by atoms with E-state index in [0.717, 1.165) is 62.9 Å². The minimum absolute atomic E-state index is 0.0445. The van der Waals surface area contributed by atoms with E-state index in [4.69, 9.17) is 0 Å². The molecular formula is C22H33N3OS. The van der Waals surface area contributed by atoms with Crippen molar-refractivity contribution in [1.82, 2.24) is 14.8 Å². The number of aromatic nitrogens is 1. The van der Waals surface area contributed by atoms with Gasteiger partial charge >= 0.3 is 0 Å². The summed E-state index contributed by atoms with van der Waals surface area (Å²) in [6, 6.07) is 0. The molecule has 1 saturated heterocycles. The summed E-state index contributed by atoms with van der Waals surface area (Å²) in [5, 5.41) is 3.31. The van der Waals surface area contributed by atoms with Gasteiger partial charge in [-0.15, -0.1) is 11.3 Å². The van der Waals surface area contributed by atoms with E-state index >= 15 is 0 Å². The van der Waals surface area contributed by atoms with Gasteiger partial charge in [0.1, 0.15) is 0 Å². The van der Waals surface area contributed by atoms with Gasteiger partial charge in [-0.2, -0.15) is 0 Å². The molecule has 0 spiro atoms. The van der Waals surface area contributed by atoms with Gasteiger partial charge in [0.05, 0.1) is 16.1 Å². The van der Waals surface area contributed by atoms with Crippen LogP contribution in [0.3, 0.4) is 0 Å². The van der Waals surface area contributed by atoms with Crippen molar-refractivity contribution < 1.29 is 4.79 Å². The largest absolute Gasteiger partial charge is 0.340 e. The van der Waals surface area contributed by atoms with E-state index in [1.165, 1.54) is 25.0 Å². The van der Waals surface area contributed by atoms with Crippen LogP contribution in [0.5, 0.6) is 0 Å². The molecule has 1 aromatic heterocycles. The van der Waals surface area contributed by atoms with Crippen LogP contribution in [-0.2, 0) is 11.3 Å². The van der Waals surface area contributed by atoms with Crippen LogP contribution in [0.1, 0.15) is 63.1 Å². The third-order valence-electron chi connectivity index (χ3n) is 7.79. The Morgan fingerprint density at radius 2 is 1.78 bits per heavy atom. The quantitative estimate of drug-likeness (QED) is 0.784. The van der Waals surface area contributed by atoms with Crippen LogP contribution >= 0.6 is 11.3 Å². The number of nitrogens with zero attached hydrogens (tertiary/aromatic N) is 3. The van der Waals surface area contributed by atoms with Gasteiger partial charge in [-0.25, -0.2) is 4.98 Å². The number of hydrogen-bond acceptors (Lipinski definition) is 4. The first-order valence-electron chi connectivity index (χ1n) is 10.7. The summed E-state index contributed by atoms with van der Waals surface area (Å²) >= 11 is 1.73. The summed E-state index contributed by atoms with van der Waals surface area (Å²) in [5.74, 6) is 1.28. The molecule has 2 unspecified atom stereocenters. The Hall–Kier alpha value is -0.940. The van der Waals surface area contributed by atoms with Crippen LogP contribution in [0.4, 0.5) is 0 Å². The van der Waals surface area contributed by atoms with E-state index in [1.807, 2.05) is 0 Å². The zero-order valence-electron chi connectivity index (χ0n) is 17.1. The number of carbonyl (C=O) groups is 1. The first-order valence-corrected chi connectivity index (χ1v) is 11.6. The molecule has 0 radical (unpaired) electrons. The average Bonchev–Trinajstić information content (AvgIpc) is 2.96. The summed E-state index contributed by atoms with van der Waals surface area (Å²) in [4.78, 5) is 23.0. The molecule has 5 heteroatoms. The van der Waals surface area contributed by atoms with Crippen molar-refractivity contribution in [2.24, 2.45) is 22.2 Å². The summed E-state index contributed by atoms with van der Waals surface area (Å²) < 4.78 is 0. The lowest BCUT2D eigenvalue weighted by Gasteiger charge is -2.65. The molecule has 6 rings (SSSR count). The van der Waals surface area contributed by atoms with E-state index in [9.17, 15) is 4.79 Å². The molecule has 4 bridgehead atoms. The molecule has 4 nitrogen and oxygen atoms in total. The number of amides is 1. The van der Waals surface area contributed by atoms with Crippen molar-refractivity contribution >= 4 is 17.2 Å². The molecule has 1 amide bonds. The fourth-order valence-corrected chi connectivity index (χ4v) is 8.44. The molecule has 5 fully saturated rings. The van der Waals surface area contributed by atoms with Gasteiger partial charge in [-0.05, 0) is 62.2 Å². The first kappa shape index (κ1) is 18.1. The molecular weight excluding hydrogens is 354 g/mol. The minimum Gasteiger partial charge on any atom is -0.340 e. The summed E-state index contributed by atoms with van der Waals surface area (Å²) in [6.07, 6.45) is 7.51. The maximum absolute atomic E-state index is 13.7. The standard InChI is InChI=1S/C22H33N3OS/c1-16-23-18(12-27-16)11-24-4-6-25(7-5-24)19(26)22-10-17-8-20(2,14-22)13-21(3,9-17)15-22/h12,17H,4-11,13-15H2,1-3H3.